The van der Waals surface area contributed by atoms with Crippen LogP contribution in [0, 0.1) is 17.6 Å². The second-order valence-electron chi connectivity index (χ2n) is 5.01. The van der Waals surface area contributed by atoms with Gasteiger partial charge in [-0.05, 0) is 37.4 Å². The summed E-state index contributed by atoms with van der Waals surface area (Å²) in [5.74, 6) is -1.54. The lowest BCUT2D eigenvalue weighted by Crippen LogP contribution is -2.47. The predicted molar refractivity (Wildman–Crippen MR) is 68.9 cm³/mol. The summed E-state index contributed by atoms with van der Waals surface area (Å²) in [6, 6.07) is 3.18. The number of rotatable bonds is 3. The van der Waals surface area contributed by atoms with Gasteiger partial charge in [-0.3, -0.25) is 4.79 Å². The molecule has 2 atom stereocenters. The summed E-state index contributed by atoms with van der Waals surface area (Å²) in [4.78, 5) is 11.8. The Labute approximate surface area is 111 Å². The molecule has 1 saturated heterocycles. The van der Waals surface area contributed by atoms with Gasteiger partial charge < -0.3 is 10.6 Å². The van der Waals surface area contributed by atoms with Crippen LogP contribution in [-0.2, 0) is 0 Å². The molecule has 1 fully saturated rings. The maximum atomic E-state index is 13.4. The van der Waals surface area contributed by atoms with Crippen molar-refractivity contribution in [1.29, 1.82) is 0 Å². The van der Waals surface area contributed by atoms with Crippen molar-refractivity contribution in [2.75, 3.05) is 13.1 Å². The third-order valence-corrected chi connectivity index (χ3v) is 3.59. The van der Waals surface area contributed by atoms with Gasteiger partial charge in [-0.2, -0.15) is 0 Å². The standard InChI is InChI=1S/C14H18F2N2O/c1-9-3-2-6-17-13(9)8-18-14(19)11-5-4-10(15)7-12(11)16/h4-5,7,9,13,17H,2-3,6,8H2,1H3,(H,18,19). The first-order chi connectivity index (χ1) is 9.08. The molecule has 1 aliphatic heterocycles. The van der Waals surface area contributed by atoms with Crippen molar-refractivity contribution < 1.29 is 13.6 Å². The Morgan fingerprint density at radius 1 is 1.47 bits per heavy atom. The van der Waals surface area contributed by atoms with Crippen LogP contribution in [0.4, 0.5) is 8.78 Å². The molecule has 1 aromatic carbocycles. The number of nitrogens with one attached hydrogen (secondary N) is 2. The summed E-state index contributed by atoms with van der Waals surface area (Å²) in [6.07, 6.45) is 2.26. The summed E-state index contributed by atoms with van der Waals surface area (Å²) >= 11 is 0. The van der Waals surface area contributed by atoms with Gasteiger partial charge in [-0.1, -0.05) is 6.92 Å². The van der Waals surface area contributed by atoms with Crippen molar-refractivity contribution in [2.45, 2.75) is 25.8 Å². The molecule has 2 N–H and O–H groups in total. The van der Waals surface area contributed by atoms with Gasteiger partial charge in [-0.25, -0.2) is 8.78 Å². The lowest BCUT2D eigenvalue weighted by molar-refractivity contribution is 0.0939. The Balaban J connectivity index is 1.93. The van der Waals surface area contributed by atoms with Crippen LogP contribution in [-0.4, -0.2) is 25.0 Å². The first-order valence-corrected chi connectivity index (χ1v) is 6.54. The van der Waals surface area contributed by atoms with E-state index in [1.165, 1.54) is 0 Å². The molecular formula is C14H18F2N2O. The van der Waals surface area contributed by atoms with E-state index in [0.29, 0.717) is 12.5 Å². The number of hydrogen-bond acceptors (Lipinski definition) is 2. The summed E-state index contributed by atoms with van der Waals surface area (Å²) in [7, 11) is 0. The van der Waals surface area contributed by atoms with Crippen LogP contribution in [0.1, 0.15) is 30.1 Å². The van der Waals surface area contributed by atoms with Crippen LogP contribution in [0.2, 0.25) is 0 Å². The molecule has 2 unspecified atom stereocenters. The van der Waals surface area contributed by atoms with E-state index < -0.39 is 17.5 Å². The van der Waals surface area contributed by atoms with Gasteiger partial charge in [0.25, 0.3) is 5.91 Å². The van der Waals surface area contributed by atoms with Crippen molar-refractivity contribution in [3.8, 4) is 0 Å². The first kappa shape index (κ1) is 13.9. The second-order valence-corrected chi connectivity index (χ2v) is 5.01. The number of piperidine rings is 1. The van der Waals surface area contributed by atoms with Gasteiger partial charge >= 0.3 is 0 Å². The molecule has 0 bridgehead atoms. The summed E-state index contributed by atoms with van der Waals surface area (Å²) in [5.41, 5.74) is -0.120. The minimum Gasteiger partial charge on any atom is -0.350 e. The van der Waals surface area contributed by atoms with Crippen LogP contribution in [0.3, 0.4) is 0 Å². The first-order valence-electron chi connectivity index (χ1n) is 6.54. The van der Waals surface area contributed by atoms with Crippen LogP contribution < -0.4 is 10.6 Å². The largest absolute Gasteiger partial charge is 0.350 e. The number of hydrogen-bond donors (Lipinski definition) is 2. The van der Waals surface area contributed by atoms with E-state index in [2.05, 4.69) is 17.6 Å². The number of halogens is 2. The molecular weight excluding hydrogens is 250 g/mol. The molecule has 2 rings (SSSR count). The third kappa shape index (κ3) is 3.50. The van der Waals surface area contributed by atoms with Gasteiger partial charge in [-0.15, -0.1) is 0 Å². The quantitative estimate of drug-likeness (QED) is 0.881. The molecule has 0 saturated carbocycles. The Morgan fingerprint density at radius 3 is 2.95 bits per heavy atom. The van der Waals surface area contributed by atoms with Crippen LogP contribution in [0.5, 0.6) is 0 Å². The molecule has 0 spiro atoms. The number of carbonyl (C=O) groups excluding carboxylic acids is 1. The molecule has 0 radical (unpaired) electrons. The van der Waals surface area contributed by atoms with Crippen molar-refractivity contribution in [3.05, 3.63) is 35.4 Å². The highest BCUT2D eigenvalue weighted by atomic mass is 19.1. The second kappa shape index (κ2) is 6.10. The van der Waals surface area contributed by atoms with E-state index in [0.717, 1.165) is 37.6 Å². The fourth-order valence-corrected chi connectivity index (χ4v) is 2.36. The number of carbonyl (C=O) groups is 1. The van der Waals surface area contributed by atoms with Crippen molar-refractivity contribution >= 4 is 5.91 Å². The Bertz CT molecular complexity index is 465. The maximum Gasteiger partial charge on any atom is 0.254 e. The fourth-order valence-electron chi connectivity index (χ4n) is 2.36. The maximum absolute atomic E-state index is 13.4. The Kier molecular flexibility index (Phi) is 4.47. The predicted octanol–water partition coefficient (Wildman–Crippen LogP) is 2.08. The lowest BCUT2D eigenvalue weighted by atomic mass is 9.93. The third-order valence-electron chi connectivity index (χ3n) is 3.59. The summed E-state index contributed by atoms with van der Waals surface area (Å²) in [5, 5.41) is 6.03. The van der Waals surface area contributed by atoms with E-state index in [4.69, 9.17) is 0 Å². The molecule has 1 heterocycles. The zero-order valence-corrected chi connectivity index (χ0v) is 10.9. The van der Waals surface area contributed by atoms with Crippen molar-refractivity contribution in [2.24, 2.45) is 5.92 Å². The highest BCUT2D eigenvalue weighted by Gasteiger charge is 2.21. The minimum atomic E-state index is -0.831. The van der Waals surface area contributed by atoms with Gasteiger partial charge in [0.1, 0.15) is 11.6 Å². The monoisotopic (exact) mass is 268 g/mol. The van der Waals surface area contributed by atoms with Gasteiger partial charge in [0.15, 0.2) is 0 Å². The van der Waals surface area contributed by atoms with Crippen molar-refractivity contribution in [1.82, 2.24) is 10.6 Å². The summed E-state index contributed by atoms with van der Waals surface area (Å²) < 4.78 is 26.2. The number of benzene rings is 1. The SMILES string of the molecule is CC1CCCNC1CNC(=O)c1ccc(F)cc1F. The molecule has 3 nitrogen and oxygen atoms in total. The average Bonchev–Trinajstić information content (AvgIpc) is 2.37. The Hall–Kier alpha value is -1.49. The van der Waals surface area contributed by atoms with Crippen LogP contribution >= 0.6 is 0 Å². The molecule has 1 amide bonds. The molecule has 1 aliphatic rings. The molecule has 104 valence electrons. The molecule has 0 aliphatic carbocycles. The summed E-state index contributed by atoms with van der Waals surface area (Å²) in [6.45, 7) is 3.52. The Morgan fingerprint density at radius 2 is 2.26 bits per heavy atom. The zero-order valence-electron chi connectivity index (χ0n) is 10.9. The van der Waals surface area contributed by atoms with E-state index in [1.807, 2.05) is 0 Å². The van der Waals surface area contributed by atoms with Gasteiger partial charge in [0.2, 0.25) is 0 Å². The van der Waals surface area contributed by atoms with E-state index >= 15 is 0 Å². The number of amides is 1. The highest BCUT2D eigenvalue weighted by molar-refractivity contribution is 5.94. The lowest BCUT2D eigenvalue weighted by Gasteiger charge is -2.30. The average molecular weight is 268 g/mol. The highest BCUT2D eigenvalue weighted by Crippen LogP contribution is 2.15. The van der Waals surface area contributed by atoms with E-state index in [9.17, 15) is 13.6 Å². The smallest absolute Gasteiger partial charge is 0.254 e. The zero-order chi connectivity index (χ0) is 13.8. The van der Waals surface area contributed by atoms with Crippen LogP contribution in [0.15, 0.2) is 18.2 Å². The molecule has 19 heavy (non-hydrogen) atoms. The molecule has 1 aromatic rings. The van der Waals surface area contributed by atoms with Gasteiger partial charge in [0, 0.05) is 18.7 Å². The topological polar surface area (TPSA) is 41.1 Å². The van der Waals surface area contributed by atoms with E-state index in [1.54, 1.807) is 0 Å². The van der Waals surface area contributed by atoms with E-state index in [-0.39, 0.29) is 11.6 Å². The molecule has 0 aromatic heterocycles. The minimum absolute atomic E-state index is 0.120. The van der Waals surface area contributed by atoms with Crippen LogP contribution in [0.25, 0.3) is 0 Å². The fraction of sp³-hybridized carbons (Fsp3) is 0.500. The van der Waals surface area contributed by atoms with Crippen molar-refractivity contribution in [3.63, 3.8) is 0 Å². The molecule has 5 heteroatoms. The van der Waals surface area contributed by atoms with Gasteiger partial charge in [0.05, 0.1) is 5.56 Å². The normalized spacial score (nSPS) is 23.1.